The fourth-order valence-corrected chi connectivity index (χ4v) is 7.74. The lowest BCUT2D eigenvalue weighted by Gasteiger charge is -2.46. The Bertz CT molecular complexity index is 2030. The molecule has 2 aliphatic carbocycles. The minimum Gasteiger partial charge on any atom is -0.480 e. The molecule has 0 saturated heterocycles. The molecule has 0 spiro atoms. The largest absolute Gasteiger partial charge is 0.480 e. The number of aliphatic carboxylic acids is 1. The van der Waals surface area contributed by atoms with Crippen molar-refractivity contribution in [2.24, 2.45) is 16.7 Å². The average Bonchev–Trinajstić information content (AvgIpc) is 3.40. The van der Waals surface area contributed by atoms with Crippen molar-refractivity contribution >= 4 is 46.6 Å². The van der Waals surface area contributed by atoms with Crippen molar-refractivity contribution < 1.29 is 34.1 Å². The van der Waals surface area contributed by atoms with Crippen molar-refractivity contribution in [3.05, 3.63) is 63.2 Å². The maximum absolute atomic E-state index is 13.9. The number of carboxylic acid groups (broad SMARTS) is 1. The van der Waals surface area contributed by atoms with Crippen LogP contribution in [-0.2, 0) is 31.3 Å². The highest BCUT2D eigenvalue weighted by Gasteiger charge is 2.69. The van der Waals surface area contributed by atoms with Crippen LogP contribution in [0.1, 0.15) is 87.8 Å². The molecule has 0 aliphatic heterocycles. The molecule has 0 radical (unpaired) electrons. The summed E-state index contributed by atoms with van der Waals surface area (Å²) in [6.07, 6.45) is 4.98. The summed E-state index contributed by atoms with van der Waals surface area (Å²) >= 11 is 0. The standard InChI is InChI=1S/C37H48N8O8/c1-20(8-7-15-45(5)6)33(51)53-27(46)12-11-26(32(49)50)42-30(47)24-10-9-22(16-25(24)37(52)17-21-13-14-36(37,4)35(21,2)3)39-18-23-19-40-29-28(41-23)31(48)44-34(38)43-29/h8-10,16,19,21,26,39,52H,7,11-15,17-18H2,1-6H3,(H,42,47)(H,49,50)(H3,38,40,43,44,48)/t21?,26-,36?,37?/m0/s1. The minimum absolute atomic E-state index is 0.0214. The summed E-state index contributed by atoms with van der Waals surface area (Å²) in [5, 5.41) is 28.3. The number of aromatic amines is 1. The summed E-state index contributed by atoms with van der Waals surface area (Å²) in [5.41, 5.74) is 4.54. The van der Waals surface area contributed by atoms with Crippen LogP contribution in [0.4, 0.5) is 11.6 Å². The number of amides is 1. The number of carbonyl (C=O) groups is 4. The van der Waals surface area contributed by atoms with E-state index in [0.29, 0.717) is 36.3 Å². The van der Waals surface area contributed by atoms with Crippen LogP contribution in [0.3, 0.4) is 0 Å². The van der Waals surface area contributed by atoms with Gasteiger partial charge >= 0.3 is 17.9 Å². The van der Waals surface area contributed by atoms with Crippen molar-refractivity contribution in [1.82, 2.24) is 30.2 Å². The number of nitrogens with zero attached hydrogens (tertiary/aromatic N) is 4. The maximum atomic E-state index is 13.9. The van der Waals surface area contributed by atoms with Crippen LogP contribution in [0.2, 0.25) is 0 Å². The highest BCUT2D eigenvalue weighted by Crippen LogP contribution is 2.72. The number of ether oxygens (including phenoxy) is 1. The summed E-state index contributed by atoms with van der Waals surface area (Å²) in [5.74, 6) is -3.75. The molecule has 1 aromatic carbocycles. The van der Waals surface area contributed by atoms with Gasteiger partial charge in [0, 0.05) is 35.2 Å². The van der Waals surface area contributed by atoms with Crippen molar-refractivity contribution in [1.29, 1.82) is 0 Å². The molecule has 16 heteroatoms. The molecule has 53 heavy (non-hydrogen) atoms. The zero-order valence-corrected chi connectivity index (χ0v) is 30.9. The SMILES string of the molecule is CC(=CCCN(C)C)C(=O)OC(=O)CC[C@H](NC(=O)c1ccc(NCc2cnc3nc(N)[nH]c(=O)c3n2)cc1C1(O)CC2CCC1(C)C2(C)C)C(=O)O. The number of carboxylic acids is 1. The first-order valence-corrected chi connectivity index (χ1v) is 17.6. The van der Waals surface area contributed by atoms with Crippen LogP contribution < -0.4 is 21.9 Å². The number of hydrogen-bond donors (Lipinski definition) is 6. The van der Waals surface area contributed by atoms with E-state index in [1.807, 2.05) is 25.9 Å². The van der Waals surface area contributed by atoms with Crippen LogP contribution in [-0.4, -0.2) is 85.5 Å². The lowest BCUT2D eigenvalue weighted by Crippen LogP contribution is -2.47. The second kappa shape index (κ2) is 15.0. The Hall–Kier alpha value is -5.22. The van der Waals surface area contributed by atoms with Gasteiger partial charge in [-0.2, -0.15) is 4.98 Å². The van der Waals surface area contributed by atoms with E-state index in [-0.39, 0.29) is 52.5 Å². The van der Waals surface area contributed by atoms with E-state index in [1.165, 1.54) is 19.2 Å². The zero-order chi connectivity index (χ0) is 38.9. The summed E-state index contributed by atoms with van der Waals surface area (Å²) in [6.45, 7) is 8.64. The molecule has 2 saturated carbocycles. The third kappa shape index (κ3) is 7.78. The fourth-order valence-electron chi connectivity index (χ4n) is 7.74. The molecule has 3 aromatic rings. The highest BCUT2D eigenvalue weighted by atomic mass is 16.6. The van der Waals surface area contributed by atoms with Crippen molar-refractivity contribution in [3.63, 3.8) is 0 Å². The third-order valence-electron chi connectivity index (χ3n) is 11.4. The monoisotopic (exact) mass is 732 g/mol. The third-order valence-corrected chi connectivity index (χ3v) is 11.4. The Balaban J connectivity index is 1.36. The van der Waals surface area contributed by atoms with Gasteiger partial charge in [0.15, 0.2) is 11.2 Å². The van der Waals surface area contributed by atoms with Gasteiger partial charge in [-0.3, -0.25) is 19.4 Å². The van der Waals surface area contributed by atoms with E-state index in [2.05, 4.69) is 44.4 Å². The number of hydrogen-bond acceptors (Lipinski definition) is 13. The van der Waals surface area contributed by atoms with Crippen LogP contribution in [0.5, 0.6) is 0 Å². The van der Waals surface area contributed by atoms with Gasteiger partial charge < -0.3 is 36.2 Å². The first-order valence-electron chi connectivity index (χ1n) is 17.6. The minimum atomic E-state index is -1.49. The lowest BCUT2D eigenvalue weighted by molar-refractivity contribution is -0.157. The predicted octanol–water partition coefficient (Wildman–Crippen LogP) is 2.87. The highest BCUT2D eigenvalue weighted by molar-refractivity contribution is 5.99. The van der Waals surface area contributed by atoms with Crippen molar-refractivity contribution in [3.8, 4) is 0 Å². The number of anilines is 2. The first kappa shape index (κ1) is 39.0. The Morgan fingerprint density at radius 3 is 2.57 bits per heavy atom. The number of aliphatic hydroxyl groups is 1. The Morgan fingerprint density at radius 1 is 1.19 bits per heavy atom. The van der Waals surface area contributed by atoms with E-state index >= 15 is 0 Å². The molecule has 16 nitrogen and oxygen atoms in total. The number of carbonyl (C=O) groups excluding carboxylic acids is 3. The Morgan fingerprint density at radius 2 is 1.92 bits per heavy atom. The van der Waals surface area contributed by atoms with Gasteiger partial charge in [-0.25, -0.2) is 19.6 Å². The molecular formula is C37H48N8O8. The van der Waals surface area contributed by atoms with E-state index in [4.69, 9.17) is 10.5 Å². The Kier molecular flexibility index (Phi) is 11.1. The molecule has 2 bridgehead atoms. The summed E-state index contributed by atoms with van der Waals surface area (Å²) in [4.78, 5) is 80.3. The van der Waals surface area contributed by atoms with Crippen LogP contribution in [0, 0.1) is 16.7 Å². The van der Waals surface area contributed by atoms with Gasteiger partial charge in [0.05, 0.1) is 24.0 Å². The van der Waals surface area contributed by atoms with Gasteiger partial charge in [-0.1, -0.05) is 26.8 Å². The smallest absolute Gasteiger partial charge is 0.341 e. The number of H-pyrrole nitrogens is 1. The normalized spacial score (nSPS) is 22.5. The molecule has 1 amide bonds. The van der Waals surface area contributed by atoms with Gasteiger partial charge in [0.1, 0.15) is 6.04 Å². The second-order valence-corrected chi connectivity index (χ2v) is 15.1. The number of nitrogens with one attached hydrogen (secondary N) is 3. The van der Waals surface area contributed by atoms with Crippen LogP contribution in [0.15, 0.2) is 40.8 Å². The van der Waals surface area contributed by atoms with E-state index < -0.39 is 52.9 Å². The first-order chi connectivity index (χ1) is 24.9. The van der Waals surface area contributed by atoms with Crippen molar-refractivity contribution in [2.45, 2.75) is 84.4 Å². The molecule has 5 rings (SSSR count). The van der Waals surface area contributed by atoms with E-state index in [0.717, 1.165) is 12.8 Å². The fraction of sp³-hybridized carbons (Fsp3) is 0.514. The number of nitrogens with two attached hydrogens (primary N) is 1. The van der Waals surface area contributed by atoms with Gasteiger partial charge in [-0.15, -0.1) is 0 Å². The van der Waals surface area contributed by atoms with E-state index in [1.54, 1.807) is 18.2 Å². The molecule has 7 N–H and O–H groups in total. The quantitative estimate of drug-likeness (QED) is 0.0794. The van der Waals surface area contributed by atoms with Crippen LogP contribution >= 0.6 is 0 Å². The number of esters is 2. The number of benzene rings is 1. The number of fused-ring (bicyclic) bond motifs is 3. The van der Waals surface area contributed by atoms with E-state index in [9.17, 15) is 34.2 Å². The topological polar surface area (TPSA) is 243 Å². The zero-order valence-electron chi connectivity index (χ0n) is 30.9. The molecule has 2 fully saturated rings. The van der Waals surface area contributed by atoms with Gasteiger partial charge in [0.2, 0.25) is 5.95 Å². The molecule has 3 unspecified atom stereocenters. The maximum Gasteiger partial charge on any atom is 0.341 e. The molecule has 2 aromatic heterocycles. The molecule has 4 atom stereocenters. The predicted molar refractivity (Wildman–Crippen MR) is 195 cm³/mol. The molecule has 2 heterocycles. The van der Waals surface area contributed by atoms with Gasteiger partial charge in [-0.05, 0) is 88.2 Å². The summed E-state index contributed by atoms with van der Waals surface area (Å²) in [6, 6.07) is 3.34. The summed E-state index contributed by atoms with van der Waals surface area (Å²) in [7, 11) is 3.78. The Labute approximate surface area is 306 Å². The second-order valence-electron chi connectivity index (χ2n) is 15.1. The van der Waals surface area contributed by atoms with Crippen LogP contribution in [0.25, 0.3) is 11.2 Å². The van der Waals surface area contributed by atoms with Crippen molar-refractivity contribution in [2.75, 3.05) is 31.7 Å². The molecule has 284 valence electrons. The van der Waals surface area contributed by atoms with Gasteiger partial charge in [0.25, 0.3) is 11.5 Å². The number of aromatic nitrogens is 4. The number of nitrogen functional groups attached to an aromatic ring is 1. The molecule has 2 aliphatic rings. The summed E-state index contributed by atoms with van der Waals surface area (Å²) < 4.78 is 4.91. The number of rotatable bonds is 14. The average molecular weight is 733 g/mol. The lowest BCUT2D eigenvalue weighted by atomic mass is 9.61. The molecular weight excluding hydrogens is 684 g/mol.